The van der Waals surface area contributed by atoms with Gasteiger partial charge >= 0.3 is 12.4 Å². The van der Waals surface area contributed by atoms with E-state index in [1.54, 1.807) is 0 Å². The van der Waals surface area contributed by atoms with Gasteiger partial charge < -0.3 is 5.32 Å². The maximum atomic E-state index is 13.2. The molecule has 9 nitrogen and oxygen atoms in total. The summed E-state index contributed by atoms with van der Waals surface area (Å²) in [5.41, 5.74) is -3.22. The van der Waals surface area contributed by atoms with Crippen molar-refractivity contribution in [2.45, 2.75) is 23.7 Å². The van der Waals surface area contributed by atoms with E-state index in [1.165, 1.54) is 12.1 Å². The van der Waals surface area contributed by atoms with Crippen LogP contribution >= 0.6 is 0 Å². The molecule has 0 bridgehead atoms. The fourth-order valence-corrected chi connectivity index (χ4v) is 3.91. The molecule has 0 aliphatic rings. The van der Waals surface area contributed by atoms with E-state index in [0.29, 0.717) is 23.8 Å². The SMILES string of the molecule is C=C(CCNC(=O)c1ccc(C(F)(F)F)cc1NS(=O)(=O)c1ccc(-c2nnn[nH]2)cc1)C(F)(F)F. The van der Waals surface area contributed by atoms with Crippen molar-refractivity contribution in [3.8, 4) is 11.4 Å². The maximum absolute atomic E-state index is 13.2. The first-order valence-electron chi connectivity index (χ1n) is 9.80. The standard InChI is InChI=1S/C20H16F6N6O3S/c1-11(19(21,22)23)8-9-27-18(33)15-7-4-13(20(24,25)26)10-16(15)30-36(34,35)14-5-2-12(3-6-14)17-28-31-32-29-17/h2-7,10,30H,1,8-9H2,(H,27,33)(H,28,29,31,32). The van der Waals surface area contributed by atoms with Gasteiger partial charge in [-0.3, -0.25) is 9.52 Å². The topological polar surface area (TPSA) is 130 Å². The lowest BCUT2D eigenvalue weighted by atomic mass is 10.1. The number of tetrazole rings is 1. The lowest BCUT2D eigenvalue weighted by molar-refractivity contribution is -0.137. The summed E-state index contributed by atoms with van der Waals surface area (Å²) in [4.78, 5) is 12.1. The molecule has 1 amide bonds. The van der Waals surface area contributed by atoms with Crippen molar-refractivity contribution in [3.05, 3.63) is 65.7 Å². The molecule has 1 aromatic heterocycles. The Morgan fingerprint density at radius 3 is 2.25 bits per heavy atom. The van der Waals surface area contributed by atoms with Crippen LogP contribution in [0.5, 0.6) is 0 Å². The average Bonchev–Trinajstić information content (AvgIpc) is 3.32. The quantitative estimate of drug-likeness (QED) is 0.297. The Bertz CT molecular complexity index is 1350. The fourth-order valence-electron chi connectivity index (χ4n) is 2.84. The summed E-state index contributed by atoms with van der Waals surface area (Å²) in [5.74, 6) is -0.860. The summed E-state index contributed by atoms with van der Waals surface area (Å²) in [5, 5.41) is 15.0. The van der Waals surface area contributed by atoms with E-state index < -0.39 is 63.6 Å². The van der Waals surface area contributed by atoms with Crippen molar-refractivity contribution in [1.29, 1.82) is 0 Å². The highest BCUT2D eigenvalue weighted by atomic mass is 32.2. The molecule has 0 saturated heterocycles. The fraction of sp³-hybridized carbons (Fsp3) is 0.200. The third-order valence-electron chi connectivity index (χ3n) is 4.73. The molecule has 192 valence electrons. The molecule has 0 fully saturated rings. The van der Waals surface area contributed by atoms with Gasteiger partial charge in [0, 0.05) is 17.7 Å². The lowest BCUT2D eigenvalue weighted by Gasteiger charge is -2.16. The predicted molar refractivity (Wildman–Crippen MR) is 114 cm³/mol. The number of halogens is 6. The highest BCUT2D eigenvalue weighted by molar-refractivity contribution is 7.92. The number of aromatic amines is 1. The van der Waals surface area contributed by atoms with Crippen molar-refractivity contribution < 1.29 is 39.6 Å². The van der Waals surface area contributed by atoms with E-state index in [4.69, 9.17) is 0 Å². The first-order chi connectivity index (χ1) is 16.7. The lowest BCUT2D eigenvalue weighted by Crippen LogP contribution is -2.28. The summed E-state index contributed by atoms with van der Waals surface area (Å²) >= 11 is 0. The van der Waals surface area contributed by atoms with Crippen molar-refractivity contribution in [3.63, 3.8) is 0 Å². The average molecular weight is 534 g/mol. The van der Waals surface area contributed by atoms with Gasteiger partial charge in [-0.1, -0.05) is 6.58 Å². The zero-order chi connectivity index (χ0) is 26.7. The van der Waals surface area contributed by atoms with Gasteiger partial charge in [0.25, 0.3) is 15.9 Å². The molecule has 3 N–H and O–H groups in total. The van der Waals surface area contributed by atoms with E-state index >= 15 is 0 Å². The molecule has 0 unspecified atom stereocenters. The molecule has 16 heteroatoms. The van der Waals surface area contributed by atoms with Gasteiger partial charge in [0.2, 0.25) is 0 Å². The van der Waals surface area contributed by atoms with Crippen LogP contribution in [0.2, 0.25) is 0 Å². The number of nitrogens with one attached hydrogen (secondary N) is 3. The van der Waals surface area contributed by atoms with Crippen LogP contribution in [0.3, 0.4) is 0 Å². The number of carbonyl (C=O) groups excluding carboxylic acids is 1. The largest absolute Gasteiger partial charge is 0.416 e. The van der Waals surface area contributed by atoms with Crippen LogP contribution in [0.25, 0.3) is 11.4 Å². The predicted octanol–water partition coefficient (Wildman–Crippen LogP) is 3.92. The molecule has 3 aromatic rings. The number of H-pyrrole nitrogens is 1. The summed E-state index contributed by atoms with van der Waals surface area (Å²) in [6, 6.07) is 6.62. The Balaban J connectivity index is 1.87. The number of rotatable bonds is 8. The first-order valence-corrected chi connectivity index (χ1v) is 11.3. The van der Waals surface area contributed by atoms with E-state index in [2.05, 4.69) is 32.5 Å². The van der Waals surface area contributed by atoms with E-state index in [-0.39, 0.29) is 10.7 Å². The van der Waals surface area contributed by atoms with Crippen LogP contribution < -0.4 is 10.0 Å². The minimum Gasteiger partial charge on any atom is -0.352 e. The zero-order valence-corrected chi connectivity index (χ0v) is 18.7. The number of alkyl halides is 6. The molecule has 3 rings (SSSR count). The number of carbonyl (C=O) groups is 1. The maximum Gasteiger partial charge on any atom is 0.416 e. The van der Waals surface area contributed by atoms with Gasteiger partial charge in [-0.15, -0.1) is 5.10 Å². The second kappa shape index (κ2) is 9.96. The number of hydrogen-bond acceptors (Lipinski definition) is 6. The van der Waals surface area contributed by atoms with Gasteiger partial charge in [-0.05, 0) is 59.3 Å². The molecular weight excluding hydrogens is 518 g/mol. The van der Waals surface area contributed by atoms with E-state index in [0.717, 1.165) is 12.1 Å². The Hall–Kier alpha value is -3.95. The van der Waals surface area contributed by atoms with Crippen LogP contribution in [0, 0.1) is 0 Å². The number of sulfonamides is 1. The Kier molecular flexibility index (Phi) is 7.38. The smallest absolute Gasteiger partial charge is 0.352 e. The normalized spacial score (nSPS) is 12.3. The van der Waals surface area contributed by atoms with E-state index in [1.807, 2.05) is 4.72 Å². The Morgan fingerprint density at radius 1 is 1.03 bits per heavy atom. The van der Waals surface area contributed by atoms with Gasteiger partial charge in [0.1, 0.15) is 0 Å². The van der Waals surface area contributed by atoms with Crippen LogP contribution in [-0.2, 0) is 16.2 Å². The zero-order valence-electron chi connectivity index (χ0n) is 17.9. The molecule has 0 aliphatic heterocycles. The van der Waals surface area contributed by atoms with Gasteiger partial charge in [0.05, 0.1) is 21.7 Å². The molecule has 1 heterocycles. The third-order valence-corrected chi connectivity index (χ3v) is 6.11. The van der Waals surface area contributed by atoms with Gasteiger partial charge in [-0.2, -0.15) is 26.3 Å². The minimum atomic E-state index is -4.87. The van der Waals surface area contributed by atoms with Crippen molar-refractivity contribution in [1.82, 2.24) is 25.9 Å². The number of nitrogens with zero attached hydrogens (tertiary/aromatic N) is 3. The number of amides is 1. The highest BCUT2D eigenvalue weighted by Gasteiger charge is 2.33. The number of hydrogen-bond donors (Lipinski definition) is 3. The second-order valence-electron chi connectivity index (χ2n) is 7.25. The Morgan fingerprint density at radius 2 is 1.69 bits per heavy atom. The van der Waals surface area contributed by atoms with Crippen molar-refractivity contribution in [2.75, 3.05) is 11.3 Å². The minimum absolute atomic E-state index is 0.233. The van der Waals surface area contributed by atoms with Crippen LogP contribution in [0.15, 0.2) is 59.5 Å². The molecule has 0 radical (unpaired) electrons. The van der Waals surface area contributed by atoms with Crippen molar-refractivity contribution >= 4 is 21.6 Å². The summed E-state index contributed by atoms with van der Waals surface area (Å²) in [6.07, 6.45) is -10.2. The number of anilines is 1. The second-order valence-corrected chi connectivity index (χ2v) is 8.93. The molecular formula is C20H16F6N6O3S. The van der Waals surface area contributed by atoms with Crippen LogP contribution in [0.4, 0.5) is 32.0 Å². The third kappa shape index (κ3) is 6.38. The monoisotopic (exact) mass is 534 g/mol. The van der Waals surface area contributed by atoms with E-state index in [9.17, 15) is 39.6 Å². The highest BCUT2D eigenvalue weighted by Crippen LogP contribution is 2.33. The Labute approximate surface area is 199 Å². The summed E-state index contributed by atoms with van der Waals surface area (Å²) in [6.45, 7) is 2.31. The summed E-state index contributed by atoms with van der Waals surface area (Å²) < 4.78 is 105. The first kappa shape index (κ1) is 26.7. The molecule has 0 saturated carbocycles. The molecule has 0 spiro atoms. The molecule has 36 heavy (non-hydrogen) atoms. The van der Waals surface area contributed by atoms with Gasteiger partial charge in [0.15, 0.2) is 5.82 Å². The van der Waals surface area contributed by atoms with Crippen molar-refractivity contribution in [2.24, 2.45) is 0 Å². The number of aromatic nitrogens is 4. The summed E-state index contributed by atoms with van der Waals surface area (Å²) in [7, 11) is -4.49. The molecule has 0 aliphatic carbocycles. The number of benzene rings is 2. The van der Waals surface area contributed by atoms with Gasteiger partial charge in [-0.25, -0.2) is 13.5 Å². The van der Waals surface area contributed by atoms with Crippen LogP contribution in [-0.4, -0.2) is 47.7 Å². The van der Waals surface area contributed by atoms with Crippen LogP contribution in [0.1, 0.15) is 22.3 Å². The molecule has 0 atom stereocenters. The molecule has 2 aromatic carbocycles.